The van der Waals surface area contributed by atoms with E-state index in [9.17, 15) is 17.6 Å². The molecule has 0 aromatic heterocycles. The molecule has 2 aromatic rings. The third-order valence-electron chi connectivity index (χ3n) is 4.08. The van der Waals surface area contributed by atoms with Crippen molar-refractivity contribution in [1.29, 1.82) is 0 Å². The summed E-state index contributed by atoms with van der Waals surface area (Å²) >= 11 is 0. The van der Waals surface area contributed by atoms with Gasteiger partial charge in [0.05, 0.1) is 26.0 Å². The Morgan fingerprint density at radius 3 is 2.44 bits per heavy atom. The Balaban J connectivity index is 2.11. The normalized spacial score (nSPS) is 12.6. The number of nitrogens with zero attached hydrogens (tertiary/aromatic N) is 1. The van der Waals surface area contributed by atoms with Gasteiger partial charge in [-0.15, -0.1) is 0 Å². The van der Waals surface area contributed by atoms with Crippen molar-refractivity contribution in [1.82, 2.24) is 9.62 Å². The second kappa shape index (κ2) is 8.96. The van der Waals surface area contributed by atoms with Crippen molar-refractivity contribution in [3.05, 3.63) is 65.5 Å². The maximum atomic E-state index is 13.9. The summed E-state index contributed by atoms with van der Waals surface area (Å²) in [5.74, 6) is -0.388. The Morgan fingerprint density at radius 1 is 1.19 bits per heavy atom. The van der Waals surface area contributed by atoms with Gasteiger partial charge in [0.2, 0.25) is 15.9 Å². The van der Waals surface area contributed by atoms with Crippen LogP contribution in [0.5, 0.6) is 5.75 Å². The summed E-state index contributed by atoms with van der Waals surface area (Å²) in [6, 6.07) is 12.7. The second-order valence-electron chi connectivity index (χ2n) is 6.15. The first kappa shape index (κ1) is 20.9. The highest BCUT2D eigenvalue weighted by molar-refractivity contribution is 7.88. The average Bonchev–Trinajstić information content (AvgIpc) is 2.62. The van der Waals surface area contributed by atoms with Crippen molar-refractivity contribution in [2.45, 2.75) is 19.5 Å². The zero-order chi connectivity index (χ0) is 20.0. The molecule has 0 aliphatic carbocycles. The number of ether oxygens (including phenoxy) is 1. The molecule has 2 rings (SSSR count). The van der Waals surface area contributed by atoms with Gasteiger partial charge in [0.15, 0.2) is 0 Å². The Bertz CT molecular complexity index is 902. The SMILES string of the molecule is COc1ccccc1C(C)NC(=O)CN(Cc1ccccc1F)S(C)(=O)=O. The molecule has 1 amide bonds. The lowest BCUT2D eigenvalue weighted by Crippen LogP contribution is -2.40. The van der Waals surface area contributed by atoms with E-state index in [1.165, 1.54) is 25.3 Å². The van der Waals surface area contributed by atoms with E-state index >= 15 is 0 Å². The first-order valence-corrected chi connectivity index (χ1v) is 10.2. The number of sulfonamides is 1. The lowest BCUT2D eigenvalue weighted by atomic mass is 10.1. The molecule has 8 heteroatoms. The van der Waals surface area contributed by atoms with Crippen molar-refractivity contribution in [3.8, 4) is 5.75 Å². The Hall–Kier alpha value is -2.45. The van der Waals surface area contributed by atoms with Crippen molar-refractivity contribution < 1.29 is 22.3 Å². The summed E-state index contributed by atoms with van der Waals surface area (Å²) in [7, 11) is -2.17. The van der Waals surface area contributed by atoms with Gasteiger partial charge in [-0.3, -0.25) is 4.79 Å². The Labute approximate surface area is 159 Å². The van der Waals surface area contributed by atoms with Crippen LogP contribution in [0.2, 0.25) is 0 Å². The van der Waals surface area contributed by atoms with Gasteiger partial charge in [-0.1, -0.05) is 36.4 Å². The minimum Gasteiger partial charge on any atom is -0.496 e. The van der Waals surface area contributed by atoms with Crippen molar-refractivity contribution in [3.63, 3.8) is 0 Å². The van der Waals surface area contributed by atoms with Crippen LogP contribution < -0.4 is 10.1 Å². The topological polar surface area (TPSA) is 75.7 Å². The van der Waals surface area contributed by atoms with Gasteiger partial charge in [0.25, 0.3) is 0 Å². The molecule has 1 atom stereocenters. The highest BCUT2D eigenvalue weighted by Crippen LogP contribution is 2.24. The summed E-state index contributed by atoms with van der Waals surface area (Å²) < 4.78 is 44.2. The van der Waals surface area contributed by atoms with Crippen LogP contribution in [0.1, 0.15) is 24.1 Å². The number of nitrogens with one attached hydrogen (secondary N) is 1. The predicted octanol–water partition coefficient (Wildman–Crippen LogP) is 2.47. The van der Waals surface area contributed by atoms with Crippen LogP contribution >= 0.6 is 0 Å². The van der Waals surface area contributed by atoms with Gasteiger partial charge in [-0.05, 0) is 19.1 Å². The van der Waals surface area contributed by atoms with Crippen LogP contribution in [0, 0.1) is 5.82 Å². The summed E-state index contributed by atoms with van der Waals surface area (Å²) in [5.41, 5.74) is 0.974. The van der Waals surface area contributed by atoms with E-state index in [-0.39, 0.29) is 18.2 Å². The number of rotatable bonds is 8. The van der Waals surface area contributed by atoms with E-state index in [2.05, 4.69) is 5.32 Å². The maximum absolute atomic E-state index is 13.9. The van der Waals surface area contributed by atoms with Gasteiger partial charge < -0.3 is 10.1 Å². The smallest absolute Gasteiger partial charge is 0.235 e. The number of carbonyl (C=O) groups is 1. The number of para-hydroxylation sites is 1. The summed E-state index contributed by atoms with van der Waals surface area (Å²) in [6.07, 6.45) is 0.991. The fourth-order valence-electron chi connectivity index (χ4n) is 2.66. The Kier molecular flexibility index (Phi) is 6.92. The molecular weight excluding hydrogens is 371 g/mol. The molecule has 0 saturated heterocycles. The van der Waals surface area contributed by atoms with Crippen LogP contribution in [0.25, 0.3) is 0 Å². The fraction of sp³-hybridized carbons (Fsp3) is 0.316. The van der Waals surface area contributed by atoms with Gasteiger partial charge in [0.1, 0.15) is 11.6 Å². The molecule has 0 aliphatic heterocycles. The first-order valence-electron chi connectivity index (χ1n) is 8.33. The molecule has 0 saturated carbocycles. The molecule has 1 N–H and O–H groups in total. The number of hydrogen-bond acceptors (Lipinski definition) is 4. The lowest BCUT2D eigenvalue weighted by molar-refractivity contribution is -0.122. The fourth-order valence-corrected chi connectivity index (χ4v) is 3.38. The third kappa shape index (κ3) is 5.77. The van der Waals surface area contributed by atoms with E-state index in [1.807, 2.05) is 18.2 Å². The largest absolute Gasteiger partial charge is 0.496 e. The van der Waals surface area contributed by atoms with Crippen LogP contribution in [0.15, 0.2) is 48.5 Å². The lowest BCUT2D eigenvalue weighted by Gasteiger charge is -2.22. The zero-order valence-electron chi connectivity index (χ0n) is 15.5. The number of benzene rings is 2. The van der Waals surface area contributed by atoms with E-state index in [4.69, 9.17) is 4.74 Å². The van der Waals surface area contributed by atoms with Crippen molar-refractivity contribution in [2.75, 3.05) is 19.9 Å². The predicted molar refractivity (Wildman–Crippen MR) is 101 cm³/mol. The highest BCUT2D eigenvalue weighted by Gasteiger charge is 2.23. The van der Waals surface area contributed by atoms with Crippen LogP contribution in [-0.2, 0) is 21.4 Å². The Morgan fingerprint density at radius 2 is 1.81 bits per heavy atom. The molecule has 2 aromatic carbocycles. The van der Waals surface area contributed by atoms with E-state index in [1.54, 1.807) is 19.1 Å². The summed E-state index contributed by atoms with van der Waals surface area (Å²) in [5, 5.41) is 2.76. The minimum absolute atomic E-state index is 0.202. The number of hydrogen-bond donors (Lipinski definition) is 1. The number of carbonyl (C=O) groups excluding carboxylic acids is 1. The van der Waals surface area contributed by atoms with Crippen LogP contribution in [0.3, 0.4) is 0 Å². The summed E-state index contributed by atoms with van der Waals surface area (Å²) in [4.78, 5) is 12.4. The quantitative estimate of drug-likeness (QED) is 0.746. The monoisotopic (exact) mass is 394 g/mol. The second-order valence-corrected chi connectivity index (χ2v) is 8.14. The van der Waals surface area contributed by atoms with E-state index in [0.29, 0.717) is 5.75 Å². The maximum Gasteiger partial charge on any atom is 0.235 e. The molecule has 0 radical (unpaired) electrons. The zero-order valence-corrected chi connectivity index (χ0v) is 16.3. The van der Waals surface area contributed by atoms with Gasteiger partial charge >= 0.3 is 0 Å². The molecule has 0 fully saturated rings. The molecule has 146 valence electrons. The van der Waals surface area contributed by atoms with Crippen molar-refractivity contribution in [2.24, 2.45) is 0 Å². The molecule has 27 heavy (non-hydrogen) atoms. The van der Waals surface area contributed by atoms with E-state index in [0.717, 1.165) is 16.1 Å². The molecule has 1 unspecified atom stereocenters. The van der Waals surface area contributed by atoms with Gasteiger partial charge in [-0.2, -0.15) is 4.31 Å². The van der Waals surface area contributed by atoms with Crippen LogP contribution in [-0.4, -0.2) is 38.5 Å². The molecule has 6 nitrogen and oxygen atoms in total. The first-order chi connectivity index (χ1) is 12.7. The molecule has 0 spiro atoms. The molecule has 0 aliphatic rings. The number of amides is 1. The van der Waals surface area contributed by atoms with Crippen molar-refractivity contribution >= 4 is 15.9 Å². The number of halogens is 1. The average molecular weight is 394 g/mol. The standard InChI is InChI=1S/C19H23FN2O4S/c1-14(16-9-5-7-11-18(16)26-2)21-19(23)13-22(27(3,24)25)12-15-8-4-6-10-17(15)20/h4-11,14H,12-13H2,1-3H3,(H,21,23). The molecular formula is C19H23FN2O4S. The highest BCUT2D eigenvalue weighted by atomic mass is 32.2. The van der Waals surface area contributed by atoms with Gasteiger partial charge in [0, 0.05) is 17.7 Å². The molecule has 0 bridgehead atoms. The van der Waals surface area contributed by atoms with Gasteiger partial charge in [-0.25, -0.2) is 12.8 Å². The molecule has 0 heterocycles. The summed E-state index contributed by atoms with van der Waals surface area (Å²) in [6.45, 7) is 1.14. The third-order valence-corrected chi connectivity index (χ3v) is 5.27. The minimum atomic E-state index is -3.71. The van der Waals surface area contributed by atoms with Crippen LogP contribution in [0.4, 0.5) is 4.39 Å². The van der Waals surface area contributed by atoms with E-state index < -0.39 is 28.3 Å². The number of methoxy groups -OCH3 is 1.